The maximum atomic E-state index is 13.0. The van der Waals surface area contributed by atoms with Crippen LogP contribution >= 0.6 is 0 Å². The van der Waals surface area contributed by atoms with Crippen molar-refractivity contribution in [3.8, 4) is 11.5 Å². The Labute approximate surface area is 186 Å². The highest BCUT2D eigenvalue weighted by atomic mass is 16.5. The zero-order valence-corrected chi connectivity index (χ0v) is 17.9. The molecule has 2 heterocycles. The number of benzene rings is 3. The van der Waals surface area contributed by atoms with Gasteiger partial charge >= 0.3 is 17.5 Å². The van der Waals surface area contributed by atoms with Crippen molar-refractivity contribution in [2.24, 2.45) is 11.8 Å². The van der Waals surface area contributed by atoms with Crippen LogP contribution in [0.1, 0.15) is 21.1 Å². The van der Waals surface area contributed by atoms with E-state index >= 15 is 0 Å². The van der Waals surface area contributed by atoms with Crippen LogP contribution in [0.25, 0.3) is 11.3 Å². The molecular weight excluding hydrogens is 404 g/mol. The van der Waals surface area contributed by atoms with Gasteiger partial charge < -0.3 is 14.2 Å². The Kier molecular flexibility index (Phi) is 5.23. The monoisotopic (exact) mass is 427 g/mol. The third kappa shape index (κ3) is 3.46. The van der Waals surface area contributed by atoms with E-state index in [4.69, 9.17) is 18.6 Å². The summed E-state index contributed by atoms with van der Waals surface area (Å²) >= 11 is 0. The minimum atomic E-state index is -0.454. The van der Waals surface area contributed by atoms with Gasteiger partial charge in [0.05, 0.1) is 30.9 Å². The van der Waals surface area contributed by atoms with E-state index in [2.05, 4.69) is 0 Å². The van der Waals surface area contributed by atoms with Gasteiger partial charge in [-0.05, 0) is 54.1 Å². The van der Waals surface area contributed by atoms with Gasteiger partial charge in [0.1, 0.15) is 29.9 Å². The molecule has 0 bridgehead atoms. The highest BCUT2D eigenvalue weighted by Gasteiger charge is 2.54. The lowest BCUT2D eigenvalue weighted by Crippen LogP contribution is -2.30. The Morgan fingerprint density at radius 3 is 1.97 bits per heavy atom. The van der Waals surface area contributed by atoms with Crippen LogP contribution in [0.4, 0.5) is 0 Å². The third-order valence-electron chi connectivity index (χ3n) is 5.98. The van der Waals surface area contributed by atoms with E-state index in [1.54, 1.807) is 14.2 Å². The normalized spacial score (nSPS) is 19.8. The van der Waals surface area contributed by atoms with Gasteiger partial charge in [0.2, 0.25) is 0 Å². The first-order valence-corrected chi connectivity index (χ1v) is 10.5. The maximum absolute atomic E-state index is 13.0. The predicted octanol–water partition coefficient (Wildman–Crippen LogP) is 4.79. The Morgan fingerprint density at radius 2 is 1.38 bits per heavy atom. The van der Waals surface area contributed by atoms with Crippen molar-refractivity contribution < 1.29 is 23.4 Å². The molecule has 2 atom stereocenters. The summed E-state index contributed by atoms with van der Waals surface area (Å²) in [6.07, 6.45) is 0. The van der Waals surface area contributed by atoms with Gasteiger partial charge in [-0.15, -0.1) is 0 Å². The minimum absolute atomic E-state index is 0.191. The maximum Gasteiger partial charge on any atom is 0.364 e. The lowest BCUT2D eigenvalue weighted by atomic mass is 9.77. The van der Waals surface area contributed by atoms with E-state index in [-0.39, 0.29) is 11.9 Å². The molecule has 5 heteroatoms. The number of methoxy groups -OCH3 is 2. The highest BCUT2D eigenvalue weighted by Crippen LogP contribution is 2.45. The highest BCUT2D eigenvalue weighted by molar-refractivity contribution is 6.10. The van der Waals surface area contributed by atoms with Gasteiger partial charge in [-0.2, -0.15) is 0 Å². The number of rotatable bonds is 5. The predicted molar refractivity (Wildman–Crippen MR) is 122 cm³/mol. The number of cyclic esters (lactones) is 1. The van der Waals surface area contributed by atoms with E-state index < -0.39 is 5.92 Å². The smallest absolute Gasteiger partial charge is 0.364 e. The van der Waals surface area contributed by atoms with Crippen molar-refractivity contribution in [3.05, 3.63) is 95.6 Å². The fourth-order valence-electron chi connectivity index (χ4n) is 4.36. The van der Waals surface area contributed by atoms with E-state index in [0.717, 1.165) is 39.5 Å². The van der Waals surface area contributed by atoms with Gasteiger partial charge in [-0.1, -0.05) is 30.3 Å². The number of hydrogen-bond donors (Lipinski definition) is 0. The molecular formula is C27H23O5+. The lowest BCUT2D eigenvalue weighted by molar-refractivity contribution is -0.151. The average Bonchev–Trinajstić information content (AvgIpc) is 3.25. The summed E-state index contributed by atoms with van der Waals surface area (Å²) in [7, 11) is 3.26. The van der Waals surface area contributed by atoms with Crippen molar-refractivity contribution in [1.82, 2.24) is 0 Å². The van der Waals surface area contributed by atoms with Crippen LogP contribution in [0.15, 0.2) is 78.9 Å². The van der Waals surface area contributed by atoms with Crippen LogP contribution in [0.3, 0.4) is 0 Å². The number of carbonyl (C=O) groups excluding carboxylic acids is 2. The summed E-state index contributed by atoms with van der Waals surface area (Å²) in [5.41, 5.74) is 3.53. The number of fused-ring (bicyclic) bond motifs is 1. The Hall–Kier alpha value is -3.86. The van der Waals surface area contributed by atoms with Crippen molar-refractivity contribution in [2.45, 2.75) is 0 Å². The zero-order valence-electron chi connectivity index (χ0n) is 17.9. The van der Waals surface area contributed by atoms with E-state index in [1.165, 1.54) is 0 Å². The first-order valence-electron chi connectivity index (χ1n) is 10.5. The Morgan fingerprint density at radius 1 is 0.781 bits per heavy atom. The van der Waals surface area contributed by atoms with E-state index in [0.29, 0.717) is 12.4 Å². The molecule has 1 fully saturated rings. The molecule has 160 valence electrons. The van der Waals surface area contributed by atoms with E-state index in [1.807, 2.05) is 78.9 Å². The molecule has 0 spiro atoms. The molecule has 5 rings (SSSR count). The molecule has 0 N–H and O–H groups in total. The summed E-state index contributed by atoms with van der Waals surface area (Å²) in [5, 5.41) is 0. The first-order chi connectivity index (χ1) is 15.7. The molecule has 0 saturated carbocycles. The van der Waals surface area contributed by atoms with Crippen molar-refractivity contribution in [1.29, 1.82) is 0 Å². The second-order valence-corrected chi connectivity index (χ2v) is 7.75. The van der Waals surface area contributed by atoms with Crippen LogP contribution in [-0.4, -0.2) is 32.6 Å². The molecule has 5 nitrogen and oxygen atoms in total. The van der Waals surface area contributed by atoms with Crippen molar-refractivity contribution in [3.63, 3.8) is 0 Å². The van der Waals surface area contributed by atoms with Gasteiger partial charge in [-0.3, -0.25) is 4.79 Å². The summed E-state index contributed by atoms with van der Waals surface area (Å²) in [5.74, 6) is 2.03. The number of carbonyl (C=O) groups is 1. The Bertz CT molecular complexity index is 1190. The molecule has 2 unspecified atom stereocenters. The largest absolute Gasteiger partial charge is 0.497 e. The Balaban J connectivity index is 1.76. The molecule has 0 radical (unpaired) electrons. The van der Waals surface area contributed by atoms with Gasteiger partial charge in [0, 0.05) is 0 Å². The quantitative estimate of drug-likeness (QED) is 0.434. The second-order valence-electron chi connectivity index (χ2n) is 7.75. The van der Waals surface area contributed by atoms with E-state index in [9.17, 15) is 4.79 Å². The number of hydrogen-bond acceptors (Lipinski definition) is 4. The van der Waals surface area contributed by atoms with Crippen LogP contribution in [0.2, 0.25) is 0 Å². The zero-order chi connectivity index (χ0) is 22.1. The van der Waals surface area contributed by atoms with Crippen molar-refractivity contribution >= 4 is 23.1 Å². The fourth-order valence-corrected chi connectivity index (χ4v) is 4.36. The molecule has 0 amide bonds. The number of esters is 1. The third-order valence-corrected chi connectivity index (χ3v) is 5.98. The van der Waals surface area contributed by atoms with Crippen LogP contribution < -0.4 is 9.47 Å². The van der Waals surface area contributed by atoms with Gasteiger partial charge in [-0.25, -0.2) is 4.42 Å². The fraction of sp³-hybridized carbons (Fsp3) is 0.185. The summed E-state index contributed by atoms with van der Waals surface area (Å²) < 4.78 is 22.8. The minimum Gasteiger partial charge on any atom is -0.497 e. The van der Waals surface area contributed by atoms with Crippen LogP contribution in [-0.2, 0) is 9.53 Å². The molecule has 3 aromatic carbocycles. The molecule has 1 saturated heterocycles. The van der Waals surface area contributed by atoms with Gasteiger partial charge in [0.15, 0.2) is 0 Å². The second kappa shape index (κ2) is 8.35. The molecule has 2 aliphatic heterocycles. The topological polar surface area (TPSA) is 56.1 Å². The van der Waals surface area contributed by atoms with Crippen LogP contribution in [0, 0.1) is 11.8 Å². The summed E-state index contributed by atoms with van der Waals surface area (Å²) in [6, 6.07) is 25.2. The summed E-state index contributed by atoms with van der Waals surface area (Å²) in [4.78, 5) is 13.0. The molecule has 2 aliphatic rings. The van der Waals surface area contributed by atoms with Crippen molar-refractivity contribution in [2.75, 3.05) is 20.8 Å². The molecule has 0 aliphatic carbocycles. The SMILES string of the molecule is COc1ccc(C2=C(c3ccc(OC)cc3)C3C(=O)OCC3C(c3ccccc3)=[O+]2)cc1. The molecule has 32 heavy (non-hydrogen) atoms. The number of ketones is 1. The standard InChI is InChI=1S/C27H23O5/c1-29-20-12-8-17(9-13-20)23-24-22(16-31-27(24)28)25(18-6-4-3-5-7-18)32-26(23)19-10-14-21(30-2)15-11-19/h3-15,22,24H,16H2,1-2H3/q+1. The molecule has 3 aromatic rings. The first kappa shape index (κ1) is 20.1. The number of ether oxygens (including phenoxy) is 3. The molecule has 0 aromatic heterocycles. The summed E-state index contributed by atoms with van der Waals surface area (Å²) in [6.45, 7) is 0.295. The van der Waals surface area contributed by atoms with Crippen LogP contribution in [0.5, 0.6) is 11.5 Å². The van der Waals surface area contributed by atoms with Gasteiger partial charge in [0.25, 0.3) is 0 Å². The lowest BCUT2D eigenvalue weighted by Gasteiger charge is -2.19. The average molecular weight is 427 g/mol.